The molecule has 5 nitrogen and oxygen atoms in total. The van der Waals surface area contributed by atoms with Crippen molar-refractivity contribution in [2.24, 2.45) is 0 Å². The van der Waals surface area contributed by atoms with E-state index in [1.165, 1.54) is 36.4 Å². The van der Waals surface area contributed by atoms with Crippen molar-refractivity contribution in [2.75, 3.05) is 11.9 Å². The second-order valence-electron chi connectivity index (χ2n) is 4.75. The van der Waals surface area contributed by atoms with Crippen LogP contribution in [0.2, 0.25) is 5.02 Å². The first-order valence-electron chi connectivity index (χ1n) is 6.80. The standard InChI is InChI=1S/C16H14ClFN2O3S/c1-2-8-19-24(22,23)15-9-11(6-7-14(15)17)16(21)20-13-5-3-4-12(18)10-13/h2-7,9-10,19H,1,8H2,(H,20,21). The van der Waals surface area contributed by atoms with E-state index in [0.717, 1.165) is 12.1 Å². The normalized spacial score (nSPS) is 11.1. The molecule has 8 heteroatoms. The summed E-state index contributed by atoms with van der Waals surface area (Å²) in [5.74, 6) is -1.08. The van der Waals surface area contributed by atoms with Gasteiger partial charge in [-0.1, -0.05) is 23.7 Å². The van der Waals surface area contributed by atoms with E-state index in [4.69, 9.17) is 11.6 Å². The first-order valence-corrected chi connectivity index (χ1v) is 8.66. The van der Waals surface area contributed by atoms with Crippen LogP contribution in [0, 0.1) is 5.82 Å². The van der Waals surface area contributed by atoms with Gasteiger partial charge < -0.3 is 5.32 Å². The summed E-state index contributed by atoms with van der Waals surface area (Å²) in [5, 5.41) is 2.47. The van der Waals surface area contributed by atoms with Gasteiger partial charge in [0.2, 0.25) is 10.0 Å². The molecule has 0 fully saturated rings. The SMILES string of the molecule is C=CCNS(=O)(=O)c1cc(C(=O)Nc2cccc(F)c2)ccc1Cl. The molecule has 0 saturated heterocycles. The molecular formula is C16H14ClFN2O3S. The van der Waals surface area contributed by atoms with Crippen LogP contribution in [0.25, 0.3) is 0 Å². The fourth-order valence-corrected chi connectivity index (χ4v) is 3.39. The van der Waals surface area contributed by atoms with Crippen molar-refractivity contribution in [3.05, 3.63) is 71.5 Å². The molecule has 1 amide bonds. The molecule has 126 valence electrons. The summed E-state index contributed by atoms with van der Waals surface area (Å²) < 4.78 is 39.8. The quantitative estimate of drug-likeness (QED) is 0.769. The molecule has 0 atom stereocenters. The maximum absolute atomic E-state index is 13.1. The molecule has 0 radical (unpaired) electrons. The van der Waals surface area contributed by atoms with E-state index >= 15 is 0 Å². The van der Waals surface area contributed by atoms with Gasteiger partial charge in [0.1, 0.15) is 10.7 Å². The van der Waals surface area contributed by atoms with Crippen molar-refractivity contribution >= 4 is 33.2 Å². The highest BCUT2D eigenvalue weighted by molar-refractivity contribution is 7.89. The van der Waals surface area contributed by atoms with Gasteiger partial charge in [-0.05, 0) is 36.4 Å². The Morgan fingerprint density at radius 3 is 2.67 bits per heavy atom. The molecule has 0 heterocycles. The van der Waals surface area contributed by atoms with Gasteiger partial charge in [-0.25, -0.2) is 17.5 Å². The number of halogens is 2. The van der Waals surface area contributed by atoms with Gasteiger partial charge in [-0.15, -0.1) is 6.58 Å². The highest BCUT2D eigenvalue weighted by Gasteiger charge is 2.19. The lowest BCUT2D eigenvalue weighted by atomic mass is 10.2. The predicted octanol–water partition coefficient (Wildman–Crippen LogP) is 3.20. The van der Waals surface area contributed by atoms with Crippen molar-refractivity contribution in [1.82, 2.24) is 4.72 Å². The van der Waals surface area contributed by atoms with Crippen LogP contribution in [0.4, 0.5) is 10.1 Å². The van der Waals surface area contributed by atoms with E-state index in [0.29, 0.717) is 0 Å². The average Bonchev–Trinajstić information content (AvgIpc) is 2.53. The summed E-state index contributed by atoms with van der Waals surface area (Å²) in [6.45, 7) is 3.45. The van der Waals surface area contributed by atoms with Crippen LogP contribution >= 0.6 is 11.6 Å². The summed E-state index contributed by atoms with van der Waals surface area (Å²) in [6.07, 6.45) is 1.38. The maximum atomic E-state index is 13.1. The minimum atomic E-state index is -3.88. The van der Waals surface area contributed by atoms with E-state index in [-0.39, 0.29) is 27.7 Å². The summed E-state index contributed by atoms with van der Waals surface area (Å²) in [4.78, 5) is 12.0. The van der Waals surface area contributed by atoms with E-state index in [9.17, 15) is 17.6 Å². The Labute approximate surface area is 144 Å². The van der Waals surface area contributed by atoms with Gasteiger partial charge in [-0.3, -0.25) is 4.79 Å². The molecule has 0 aromatic heterocycles. The number of rotatable bonds is 6. The minimum absolute atomic E-state index is 0.0196. The molecule has 2 aromatic rings. The van der Waals surface area contributed by atoms with Crippen molar-refractivity contribution in [1.29, 1.82) is 0 Å². The largest absolute Gasteiger partial charge is 0.322 e. The van der Waals surface area contributed by atoms with Gasteiger partial charge in [0.05, 0.1) is 5.02 Å². The molecule has 0 aliphatic rings. The van der Waals surface area contributed by atoms with Gasteiger partial charge in [0.15, 0.2) is 0 Å². The monoisotopic (exact) mass is 368 g/mol. The smallest absolute Gasteiger partial charge is 0.255 e. The number of carbonyl (C=O) groups is 1. The lowest BCUT2D eigenvalue weighted by molar-refractivity contribution is 0.102. The molecule has 2 N–H and O–H groups in total. The average molecular weight is 369 g/mol. The van der Waals surface area contributed by atoms with Crippen molar-refractivity contribution < 1.29 is 17.6 Å². The third-order valence-corrected chi connectivity index (χ3v) is 4.89. The molecule has 0 aliphatic heterocycles. The number of sulfonamides is 1. The molecule has 2 rings (SSSR count). The Morgan fingerprint density at radius 2 is 2.00 bits per heavy atom. The maximum Gasteiger partial charge on any atom is 0.255 e. The van der Waals surface area contributed by atoms with E-state index in [1.807, 2.05) is 0 Å². The fourth-order valence-electron chi connectivity index (χ4n) is 1.87. The topological polar surface area (TPSA) is 75.3 Å². The van der Waals surface area contributed by atoms with Crippen LogP contribution in [0.15, 0.2) is 60.0 Å². The Balaban J connectivity index is 2.30. The van der Waals surface area contributed by atoms with Gasteiger partial charge in [0.25, 0.3) is 5.91 Å². The molecule has 0 aliphatic carbocycles. The van der Waals surface area contributed by atoms with Crippen molar-refractivity contribution in [2.45, 2.75) is 4.90 Å². The first kappa shape index (κ1) is 18.1. The highest BCUT2D eigenvalue weighted by atomic mass is 35.5. The number of hydrogen-bond donors (Lipinski definition) is 2. The second-order valence-corrected chi connectivity index (χ2v) is 6.89. The van der Waals surface area contributed by atoms with Crippen LogP contribution in [-0.2, 0) is 10.0 Å². The number of benzene rings is 2. The number of nitrogens with one attached hydrogen (secondary N) is 2. The van der Waals surface area contributed by atoms with Crippen LogP contribution in [-0.4, -0.2) is 20.9 Å². The minimum Gasteiger partial charge on any atom is -0.322 e. The Bertz CT molecular complexity index is 885. The van der Waals surface area contributed by atoms with Crippen LogP contribution in [0.3, 0.4) is 0 Å². The zero-order valence-electron chi connectivity index (χ0n) is 12.4. The predicted molar refractivity (Wildman–Crippen MR) is 91.2 cm³/mol. The second kappa shape index (κ2) is 7.57. The van der Waals surface area contributed by atoms with Crippen LogP contribution in [0.5, 0.6) is 0 Å². The summed E-state index contributed by atoms with van der Waals surface area (Å²) in [5.41, 5.74) is 0.326. The Hall–Kier alpha value is -2.22. The fraction of sp³-hybridized carbons (Fsp3) is 0.0625. The number of carbonyl (C=O) groups excluding carboxylic acids is 1. The molecule has 0 saturated carbocycles. The third kappa shape index (κ3) is 4.41. The third-order valence-electron chi connectivity index (χ3n) is 2.98. The molecule has 0 spiro atoms. The first-order chi connectivity index (χ1) is 11.3. The van der Waals surface area contributed by atoms with Crippen LogP contribution < -0.4 is 10.0 Å². The molecular weight excluding hydrogens is 355 g/mol. The summed E-state index contributed by atoms with van der Waals surface area (Å²) in [6, 6.07) is 9.20. The summed E-state index contributed by atoms with van der Waals surface area (Å²) in [7, 11) is -3.88. The zero-order valence-corrected chi connectivity index (χ0v) is 14.0. The zero-order chi connectivity index (χ0) is 17.7. The van der Waals surface area contributed by atoms with Gasteiger partial charge in [-0.2, -0.15) is 0 Å². The van der Waals surface area contributed by atoms with E-state index < -0.39 is 21.7 Å². The van der Waals surface area contributed by atoms with Gasteiger partial charge in [0, 0.05) is 17.8 Å². The molecule has 2 aromatic carbocycles. The number of amides is 1. The van der Waals surface area contributed by atoms with E-state index in [2.05, 4.69) is 16.6 Å². The van der Waals surface area contributed by atoms with Crippen molar-refractivity contribution in [3.8, 4) is 0 Å². The lowest BCUT2D eigenvalue weighted by Gasteiger charge is -2.10. The number of anilines is 1. The van der Waals surface area contributed by atoms with E-state index in [1.54, 1.807) is 0 Å². The summed E-state index contributed by atoms with van der Waals surface area (Å²) >= 11 is 5.92. The molecule has 0 unspecified atom stereocenters. The Kier molecular flexibility index (Phi) is 5.71. The molecule has 24 heavy (non-hydrogen) atoms. The van der Waals surface area contributed by atoms with Gasteiger partial charge >= 0.3 is 0 Å². The highest BCUT2D eigenvalue weighted by Crippen LogP contribution is 2.23. The molecule has 0 bridgehead atoms. The Morgan fingerprint density at radius 1 is 1.25 bits per heavy atom. The lowest BCUT2D eigenvalue weighted by Crippen LogP contribution is -2.24. The number of hydrogen-bond acceptors (Lipinski definition) is 3. The van der Waals surface area contributed by atoms with Crippen molar-refractivity contribution in [3.63, 3.8) is 0 Å². The van der Waals surface area contributed by atoms with Crippen LogP contribution in [0.1, 0.15) is 10.4 Å².